The number of ether oxygens (including phenoxy) is 1. The first kappa shape index (κ1) is 20.1. The van der Waals surface area contributed by atoms with Gasteiger partial charge in [-0.05, 0) is 4.85 Å². The molecule has 0 aliphatic rings. The van der Waals surface area contributed by atoms with Crippen LogP contribution >= 0.6 is 0 Å². The summed E-state index contributed by atoms with van der Waals surface area (Å²) in [7, 11) is 1.11. The van der Waals surface area contributed by atoms with Crippen LogP contribution in [-0.2, 0) is 16.0 Å². The number of aromatic amines is 1. The number of hydrogen-bond donors (Lipinski definition) is 4. The van der Waals surface area contributed by atoms with Gasteiger partial charge in [0.15, 0.2) is 0 Å². The van der Waals surface area contributed by atoms with Crippen LogP contribution in [0, 0.1) is 6.57 Å². The van der Waals surface area contributed by atoms with Crippen LogP contribution in [0.25, 0.3) is 4.85 Å². The Morgan fingerprint density at radius 1 is 1.25 bits per heavy atom. The molecule has 144 valence electrons. The van der Waals surface area contributed by atoms with E-state index < -0.39 is 46.5 Å². The lowest BCUT2D eigenvalue weighted by Gasteiger charge is -2.17. The van der Waals surface area contributed by atoms with Gasteiger partial charge in [0.25, 0.3) is 12.5 Å². The van der Waals surface area contributed by atoms with Crippen LogP contribution in [0.5, 0.6) is 0 Å². The largest absolute Gasteiger partial charge is 0.478 e. The van der Waals surface area contributed by atoms with Gasteiger partial charge in [0.2, 0.25) is 0 Å². The summed E-state index contributed by atoms with van der Waals surface area (Å²) >= 11 is 0. The third-order valence-electron chi connectivity index (χ3n) is 3.73. The summed E-state index contributed by atoms with van der Waals surface area (Å²) in [4.78, 5) is 57.6. The van der Waals surface area contributed by atoms with Gasteiger partial charge in [-0.2, -0.15) is 0 Å². The van der Waals surface area contributed by atoms with E-state index in [0.717, 1.165) is 19.2 Å². The second-order valence-electron chi connectivity index (χ2n) is 5.49. The van der Waals surface area contributed by atoms with Crippen LogP contribution in [0.2, 0.25) is 0 Å². The molecule has 1 aromatic heterocycles. The van der Waals surface area contributed by atoms with Gasteiger partial charge in [-0.3, -0.25) is 4.79 Å². The molecule has 11 heteroatoms. The van der Waals surface area contributed by atoms with Crippen molar-refractivity contribution in [3.8, 4) is 6.57 Å². The Hall–Kier alpha value is -4.20. The Labute approximate surface area is 157 Å². The average molecular weight is 387 g/mol. The first-order valence-corrected chi connectivity index (χ1v) is 7.70. The second-order valence-corrected chi connectivity index (χ2v) is 5.49. The van der Waals surface area contributed by atoms with E-state index in [4.69, 9.17) is 6.57 Å². The maximum Gasteiger partial charge on any atom is 0.341 e. The van der Waals surface area contributed by atoms with Gasteiger partial charge in [0.05, 0.1) is 30.1 Å². The van der Waals surface area contributed by atoms with Crippen molar-refractivity contribution < 1.29 is 34.1 Å². The van der Waals surface area contributed by atoms with Gasteiger partial charge in [0.1, 0.15) is 6.04 Å². The topological polar surface area (TPSA) is 163 Å². The number of hydrogen-bond acceptors (Lipinski definition) is 6. The maximum absolute atomic E-state index is 12.7. The molecule has 0 bridgehead atoms. The second kappa shape index (κ2) is 8.45. The van der Waals surface area contributed by atoms with Crippen molar-refractivity contribution in [2.24, 2.45) is 0 Å². The molecule has 0 unspecified atom stereocenters. The van der Waals surface area contributed by atoms with E-state index in [0.29, 0.717) is 5.69 Å². The number of imidazole rings is 1. The van der Waals surface area contributed by atoms with Crippen molar-refractivity contribution in [3.63, 3.8) is 0 Å². The number of carbonyl (C=O) groups is 4. The molecular formula is C17H15N4O7+. The minimum Gasteiger partial charge on any atom is -0.478 e. The van der Waals surface area contributed by atoms with Crippen LogP contribution in [0.3, 0.4) is 0 Å². The van der Waals surface area contributed by atoms with Crippen molar-refractivity contribution >= 4 is 29.5 Å². The standard InChI is InChI=1S/C17H14N4O7/c1-18-8-3-10(15(23)24)13(11(4-8)16(25)26)14(22)21-12(17(27)28-2)5-9-6-19-7-20-9/h1,3-4,6-7,12H,5H2,2H3,(H3-,19,20,21,22,23,24,25,26)/p+1/t12-/m1/s1. The quantitative estimate of drug-likeness (QED) is 0.509. The molecule has 2 aromatic rings. The van der Waals surface area contributed by atoms with E-state index in [1.54, 1.807) is 0 Å². The first-order valence-electron chi connectivity index (χ1n) is 7.70. The van der Waals surface area contributed by atoms with Gasteiger partial charge in [-0.25, -0.2) is 19.4 Å². The monoisotopic (exact) mass is 387 g/mol. The predicted molar refractivity (Wildman–Crippen MR) is 93.9 cm³/mol. The third kappa shape index (κ3) is 4.31. The molecule has 4 N–H and O–H groups in total. The van der Waals surface area contributed by atoms with Crippen LogP contribution in [0.15, 0.2) is 24.7 Å². The Kier molecular flexibility index (Phi) is 6.07. The van der Waals surface area contributed by atoms with Crippen LogP contribution < -0.4 is 5.32 Å². The number of carbonyl (C=O) groups excluding carboxylic acids is 2. The number of H-pyrrole nitrogens is 1. The molecule has 0 radical (unpaired) electrons. The summed E-state index contributed by atoms with van der Waals surface area (Å²) in [6.07, 6.45) is 2.75. The fourth-order valence-corrected chi connectivity index (χ4v) is 2.47. The first-order chi connectivity index (χ1) is 13.3. The molecule has 0 aliphatic heterocycles. The highest BCUT2D eigenvalue weighted by atomic mass is 16.5. The molecule has 0 spiro atoms. The zero-order chi connectivity index (χ0) is 20.8. The van der Waals surface area contributed by atoms with E-state index in [1.807, 2.05) is 0 Å². The van der Waals surface area contributed by atoms with Crippen molar-refractivity contribution in [2.75, 3.05) is 7.11 Å². The molecule has 0 aliphatic carbocycles. The number of benzene rings is 1. The molecule has 0 saturated heterocycles. The predicted octanol–water partition coefficient (Wildman–Crippen LogP) is 0.914. The van der Waals surface area contributed by atoms with E-state index in [-0.39, 0.29) is 12.1 Å². The van der Waals surface area contributed by atoms with Crippen LogP contribution in [0.1, 0.15) is 36.8 Å². The fraction of sp³-hybridized carbons (Fsp3) is 0.176. The molecule has 1 atom stereocenters. The number of carboxylic acids is 2. The van der Waals surface area contributed by atoms with Crippen LogP contribution in [-0.4, -0.2) is 57.1 Å². The summed E-state index contributed by atoms with van der Waals surface area (Å²) in [6, 6.07) is 0.678. The Bertz CT molecular complexity index is 941. The number of nitrogens with one attached hydrogen (secondary N) is 2. The van der Waals surface area contributed by atoms with Crippen molar-refractivity contribution in [3.05, 3.63) is 51.9 Å². The Morgan fingerprint density at radius 2 is 1.86 bits per heavy atom. The Balaban J connectivity index is 2.48. The highest BCUT2D eigenvalue weighted by molar-refractivity contribution is 6.13. The third-order valence-corrected chi connectivity index (χ3v) is 3.73. The molecule has 0 saturated carbocycles. The van der Waals surface area contributed by atoms with E-state index >= 15 is 0 Å². The van der Waals surface area contributed by atoms with E-state index in [2.05, 4.69) is 24.9 Å². The number of aromatic nitrogens is 2. The fourth-order valence-electron chi connectivity index (χ4n) is 2.47. The number of methoxy groups -OCH3 is 1. The maximum atomic E-state index is 12.7. The molecule has 1 heterocycles. The molecule has 0 fully saturated rings. The summed E-state index contributed by atoms with van der Waals surface area (Å²) in [5, 5.41) is 21.1. The van der Waals surface area contributed by atoms with E-state index in [1.165, 1.54) is 12.5 Å². The molecule has 1 amide bonds. The lowest BCUT2D eigenvalue weighted by atomic mass is 9.98. The van der Waals surface area contributed by atoms with Crippen LogP contribution in [0.4, 0.5) is 5.69 Å². The summed E-state index contributed by atoms with van der Waals surface area (Å²) < 4.78 is 4.64. The summed E-state index contributed by atoms with van der Waals surface area (Å²) in [5.74, 6) is -5.04. The number of rotatable bonds is 7. The molecular weight excluding hydrogens is 372 g/mol. The van der Waals surface area contributed by atoms with Gasteiger partial charge < -0.3 is 25.3 Å². The minimum atomic E-state index is -1.57. The van der Waals surface area contributed by atoms with Crippen molar-refractivity contribution in [1.82, 2.24) is 15.3 Å². The molecule has 1 aromatic carbocycles. The van der Waals surface area contributed by atoms with Gasteiger partial charge in [0, 0.05) is 30.4 Å². The highest BCUT2D eigenvalue weighted by Gasteiger charge is 2.31. The number of carboxylic acid groups (broad SMARTS) is 2. The molecule has 2 rings (SSSR count). The van der Waals surface area contributed by atoms with Gasteiger partial charge >= 0.3 is 23.6 Å². The summed E-state index contributed by atoms with van der Waals surface area (Å²) in [6.45, 7) is 5.10. The average Bonchev–Trinajstić information content (AvgIpc) is 3.18. The number of esters is 1. The Morgan fingerprint density at radius 3 is 2.29 bits per heavy atom. The minimum absolute atomic E-state index is 0.0422. The highest BCUT2D eigenvalue weighted by Crippen LogP contribution is 2.24. The lowest BCUT2D eigenvalue weighted by molar-refractivity contribution is -0.142. The van der Waals surface area contributed by atoms with Gasteiger partial charge in [-0.15, -0.1) is 0 Å². The van der Waals surface area contributed by atoms with Crippen molar-refractivity contribution in [2.45, 2.75) is 12.5 Å². The smallest absolute Gasteiger partial charge is 0.341 e. The zero-order valence-electron chi connectivity index (χ0n) is 14.5. The van der Waals surface area contributed by atoms with Gasteiger partial charge in [-0.1, -0.05) is 0 Å². The normalized spacial score (nSPS) is 11.1. The van der Waals surface area contributed by atoms with Crippen molar-refractivity contribution in [1.29, 1.82) is 0 Å². The van der Waals surface area contributed by atoms with E-state index in [9.17, 15) is 29.4 Å². The SMILES string of the molecule is C#[N+]c1cc(C(=O)O)c(C(=O)N[C@H](Cc2cnc[nH]2)C(=O)OC)c(C(=O)O)c1. The summed E-state index contributed by atoms with van der Waals surface area (Å²) in [5.41, 5.74) is -1.57. The zero-order valence-corrected chi connectivity index (χ0v) is 14.5. The number of nitrogens with zero attached hydrogens (tertiary/aromatic N) is 2. The number of aromatic carboxylic acids is 2. The lowest BCUT2D eigenvalue weighted by Crippen LogP contribution is -2.44. The number of amides is 1. The molecule has 28 heavy (non-hydrogen) atoms. The molecule has 11 nitrogen and oxygen atoms in total.